The second-order valence-electron chi connectivity index (χ2n) is 4.51. The van der Waals surface area contributed by atoms with Crippen LogP contribution in [0.2, 0.25) is 0 Å². The molecule has 1 aliphatic heterocycles. The minimum Gasteiger partial charge on any atom is -0.323 e. The summed E-state index contributed by atoms with van der Waals surface area (Å²) < 4.78 is 0. The molecule has 2 aliphatic rings. The van der Waals surface area contributed by atoms with Gasteiger partial charge in [0, 0.05) is 20.1 Å². The van der Waals surface area contributed by atoms with E-state index in [2.05, 4.69) is 6.07 Å². The molecule has 1 unspecified atom stereocenters. The maximum absolute atomic E-state index is 11.8. The largest absolute Gasteiger partial charge is 0.323 e. The summed E-state index contributed by atoms with van der Waals surface area (Å²) in [6, 6.07) is 2.58. The first-order valence-corrected chi connectivity index (χ1v) is 5.62. The minimum absolute atomic E-state index is 0.0992. The highest BCUT2D eigenvalue weighted by molar-refractivity contribution is 5.77. The number of carbonyl (C=O) groups is 1. The van der Waals surface area contributed by atoms with Crippen LogP contribution < -0.4 is 0 Å². The molecule has 4 heteroatoms. The fraction of sp³-hybridized carbons (Fsp3) is 0.818. The molecular weight excluding hydrogens is 190 g/mol. The smallest absolute Gasteiger partial charge is 0.320 e. The van der Waals surface area contributed by atoms with Crippen LogP contribution >= 0.6 is 0 Å². The Hall–Kier alpha value is -1.24. The number of hydrogen-bond donors (Lipinski definition) is 0. The second kappa shape index (κ2) is 4.09. The number of rotatable bonds is 3. The van der Waals surface area contributed by atoms with Crippen LogP contribution in [-0.2, 0) is 0 Å². The van der Waals surface area contributed by atoms with E-state index in [0.717, 1.165) is 6.54 Å². The molecule has 82 valence electrons. The van der Waals surface area contributed by atoms with Gasteiger partial charge in [0.2, 0.25) is 0 Å². The van der Waals surface area contributed by atoms with Crippen LogP contribution in [0.3, 0.4) is 0 Å². The molecule has 2 fully saturated rings. The quantitative estimate of drug-likeness (QED) is 0.703. The van der Waals surface area contributed by atoms with Gasteiger partial charge in [-0.15, -0.1) is 0 Å². The molecule has 1 saturated heterocycles. The van der Waals surface area contributed by atoms with Crippen molar-refractivity contribution in [1.82, 2.24) is 9.80 Å². The van der Waals surface area contributed by atoms with Crippen LogP contribution in [0.1, 0.15) is 25.7 Å². The number of nitriles is 1. The molecule has 2 amide bonds. The normalized spacial score (nSPS) is 26.7. The van der Waals surface area contributed by atoms with Gasteiger partial charge in [-0.3, -0.25) is 0 Å². The zero-order chi connectivity index (χ0) is 10.8. The standard InChI is InChI=1S/C11H17N3O/c1-13-10(9-4-2-5-9)8-14(11(13)15)7-3-6-12/h9-10H,2-5,7-8H2,1H3. The molecule has 1 saturated carbocycles. The maximum Gasteiger partial charge on any atom is 0.320 e. The summed E-state index contributed by atoms with van der Waals surface area (Å²) in [5.41, 5.74) is 0. The number of likely N-dealkylation sites (N-methyl/N-ethyl adjacent to an activating group) is 1. The van der Waals surface area contributed by atoms with E-state index in [1.54, 1.807) is 0 Å². The molecule has 0 aromatic rings. The Morgan fingerprint density at radius 1 is 1.53 bits per heavy atom. The van der Waals surface area contributed by atoms with Crippen molar-refractivity contribution in [2.24, 2.45) is 5.92 Å². The zero-order valence-electron chi connectivity index (χ0n) is 9.15. The van der Waals surface area contributed by atoms with Gasteiger partial charge in [-0.2, -0.15) is 5.26 Å². The van der Waals surface area contributed by atoms with Crippen molar-refractivity contribution in [3.05, 3.63) is 0 Å². The Kier molecular flexibility index (Phi) is 2.81. The lowest BCUT2D eigenvalue weighted by Crippen LogP contribution is -2.39. The molecule has 0 spiro atoms. The van der Waals surface area contributed by atoms with Crippen LogP contribution in [0.4, 0.5) is 4.79 Å². The zero-order valence-corrected chi connectivity index (χ0v) is 9.15. The molecular formula is C11H17N3O. The van der Waals surface area contributed by atoms with Gasteiger partial charge in [-0.05, 0) is 18.8 Å². The van der Waals surface area contributed by atoms with Crippen LogP contribution in [0.25, 0.3) is 0 Å². The molecule has 15 heavy (non-hydrogen) atoms. The fourth-order valence-corrected chi connectivity index (χ4v) is 2.45. The van der Waals surface area contributed by atoms with E-state index in [0.29, 0.717) is 24.9 Å². The van der Waals surface area contributed by atoms with Crippen LogP contribution in [0, 0.1) is 17.2 Å². The van der Waals surface area contributed by atoms with Crippen LogP contribution in [0.5, 0.6) is 0 Å². The van der Waals surface area contributed by atoms with Crippen molar-refractivity contribution in [2.45, 2.75) is 31.7 Å². The second-order valence-corrected chi connectivity index (χ2v) is 4.51. The number of hydrogen-bond acceptors (Lipinski definition) is 2. The van der Waals surface area contributed by atoms with E-state index >= 15 is 0 Å². The summed E-state index contributed by atoms with van der Waals surface area (Å²) >= 11 is 0. The van der Waals surface area contributed by atoms with Gasteiger partial charge in [-0.25, -0.2) is 4.79 Å². The Bertz CT molecular complexity index is 293. The number of carbonyl (C=O) groups excluding carboxylic acids is 1. The molecule has 0 N–H and O–H groups in total. The molecule has 1 atom stereocenters. The van der Waals surface area contributed by atoms with Crippen LogP contribution in [-0.4, -0.2) is 42.0 Å². The average Bonchev–Trinajstić information content (AvgIpc) is 2.41. The average molecular weight is 207 g/mol. The van der Waals surface area contributed by atoms with E-state index in [-0.39, 0.29) is 6.03 Å². The lowest BCUT2D eigenvalue weighted by atomic mass is 9.79. The van der Waals surface area contributed by atoms with Crippen molar-refractivity contribution in [3.63, 3.8) is 0 Å². The molecule has 2 rings (SSSR count). The minimum atomic E-state index is 0.0992. The van der Waals surface area contributed by atoms with E-state index in [4.69, 9.17) is 5.26 Å². The van der Waals surface area contributed by atoms with E-state index < -0.39 is 0 Å². The van der Waals surface area contributed by atoms with Crippen LogP contribution in [0.15, 0.2) is 0 Å². The Labute approximate surface area is 90.5 Å². The summed E-state index contributed by atoms with van der Waals surface area (Å²) in [7, 11) is 1.89. The number of amides is 2. The lowest BCUT2D eigenvalue weighted by molar-refractivity contribution is 0.164. The highest BCUT2D eigenvalue weighted by Gasteiger charge is 2.40. The summed E-state index contributed by atoms with van der Waals surface area (Å²) in [5, 5.41) is 8.51. The van der Waals surface area contributed by atoms with Gasteiger partial charge in [0.05, 0.1) is 18.5 Å². The van der Waals surface area contributed by atoms with Crippen molar-refractivity contribution in [1.29, 1.82) is 5.26 Å². The SMILES string of the molecule is CN1C(=O)N(CCC#N)CC1C1CCC1. The molecule has 4 nitrogen and oxygen atoms in total. The molecule has 0 bridgehead atoms. The van der Waals surface area contributed by atoms with E-state index in [1.165, 1.54) is 19.3 Å². The van der Waals surface area contributed by atoms with Crippen molar-refractivity contribution in [2.75, 3.05) is 20.1 Å². The first-order chi connectivity index (χ1) is 7.24. The Balaban J connectivity index is 1.94. The third kappa shape index (κ3) is 1.79. The van der Waals surface area contributed by atoms with Gasteiger partial charge >= 0.3 is 6.03 Å². The molecule has 0 aromatic carbocycles. The van der Waals surface area contributed by atoms with Gasteiger partial charge in [0.15, 0.2) is 0 Å². The Morgan fingerprint density at radius 2 is 2.27 bits per heavy atom. The highest BCUT2D eigenvalue weighted by Crippen LogP contribution is 2.34. The predicted molar refractivity (Wildman–Crippen MR) is 56.1 cm³/mol. The van der Waals surface area contributed by atoms with Gasteiger partial charge in [0.25, 0.3) is 0 Å². The van der Waals surface area contributed by atoms with Gasteiger partial charge < -0.3 is 9.80 Å². The van der Waals surface area contributed by atoms with Crippen molar-refractivity contribution < 1.29 is 4.79 Å². The predicted octanol–water partition coefficient (Wildman–Crippen LogP) is 1.44. The maximum atomic E-state index is 11.8. The molecule has 1 heterocycles. The molecule has 0 radical (unpaired) electrons. The van der Waals surface area contributed by atoms with E-state index in [9.17, 15) is 4.79 Å². The lowest BCUT2D eigenvalue weighted by Gasteiger charge is -2.34. The first-order valence-electron chi connectivity index (χ1n) is 5.62. The first kappa shape index (κ1) is 10.3. The number of nitrogens with zero attached hydrogens (tertiary/aromatic N) is 3. The summed E-state index contributed by atoms with van der Waals surface area (Å²) in [6.45, 7) is 1.41. The summed E-state index contributed by atoms with van der Waals surface area (Å²) in [5.74, 6) is 0.700. The number of urea groups is 1. The van der Waals surface area contributed by atoms with Gasteiger partial charge in [-0.1, -0.05) is 6.42 Å². The molecule has 1 aliphatic carbocycles. The van der Waals surface area contributed by atoms with Crippen molar-refractivity contribution >= 4 is 6.03 Å². The fourth-order valence-electron chi connectivity index (χ4n) is 2.45. The van der Waals surface area contributed by atoms with Crippen molar-refractivity contribution in [3.8, 4) is 6.07 Å². The van der Waals surface area contributed by atoms with E-state index in [1.807, 2.05) is 16.8 Å². The third-order valence-corrected chi connectivity index (χ3v) is 3.66. The highest BCUT2D eigenvalue weighted by atomic mass is 16.2. The van der Waals surface area contributed by atoms with Gasteiger partial charge in [0.1, 0.15) is 0 Å². The third-order valence-electron chi connectivity index (χ3n) is 3.66. The molecule has 0 aromatic heterocycles. The monoisotopic (exact) mass is 207 g/mol. The summed E-state index contributed by atoms with van der Waals surface area (Å²) in [4.78, 5) is 15.5. The summed E-state index contributed by atoms with van der Waals surface area (Å²) in [6.07, 6.45) is 4.26. The Morgan fingerprint density at radius 3 is 2.80 bits per heavy atom. The topological polar surface area (TPSA) is 47.3 Å².